The first kappa shape index (κ1) is 27.0. The van der Waals surface area contributed by atoms with Gasteiger partial charge >= 0.3 is 0 Å². The van der Waals surface area contributed by atoms with E-state index in [9.17, 15) is 29.6 Å². The fourth-order valence-electron chi connectivity index (χ4n) is 3.75. The number of hydrogen-bond donors (Lipinski definition) is 3. The number of hydrazone groups is 1. The Kier molecular flexibility index (Phi) is 9.04. The first-order valence-electron chi connectivity index (χ1n) is 11.8. The minimum absolute atomic E-state index is 0.0596. The molecule has 2 amide bonds. The summed E-state index contributed by atoms with van der Waals surface area (Å²) in [5.74, 6) is -1.43. The van der Waals surface area contributed by atoms with Gasteiger partial charge < -0.3 is 10.4 Å². The van der Waals surface area contributed by atoms with Crippen molar-refractivity contribution in [3.05, 3.63) is 76.3 Å². The van der Waals surface area contributed by atoms with Crippen molar-refractivity contribution in [2.24, 2.45) is 11.0 Å². The molecule has 0 aliphatic carbocycles. The summed E-state index contributed by atoms with van der Waals surface area (Å²) in [6.07, 6.45) is 0.124. The number of nitro benzene ring substituents is 1. The van der Waals surface area contributed by atoms with Crippen molar-refractivity contribution in [2.75, 3.05) is 5.32 Å². The van der Waals surface area contributed by atoms with Gasteiger partial charge in [-0.1, -0.05) is 50.2 Å². The number of hydrogen-bond acceptors (Lipinski definition) is 7. The molecule has 10 heteroatoms. The Hall–Kier alpha value is -4.60. The molecule has 10 nitrogen and oxygen atoms in total. The lowest BCUT2D eigenvalue weighted by Gasteiger charge is -2.10. The van der Waals surface area contributed by atoms with Crippen molar-refractivity contribution in [3.63, 3.8) is 0 Å². The Morgan fingerprint density at radius 1 is 1.00 bits per heavy atom. The third-order valence-corrected chi connectivity index (χ3v) is 5.48. The average molecular weight is 505 g/mol. The number of carbonyl (C=O) groups is 3. The van der Waals surface area contributed by atoms with Crippen LogP contribution < -0.4 is 10.7 Å². The summed E-state index contributed by atoms with van der Waals surface area (Å²) >= 11 is 0. The SMILES string of the molecule is CC(C)C/C(CC(=O)CCC(=O)Nc1ccccc1[N+](=O)[O-])=N\NC(=O)c1cc2ccccc2cc1O. The summed E-state index contributed by atoms with van der Waals surface area (Å²) in [5.41, 5.74) is 2.75. The van der Waals surface area contributed by atoms with E-state index in [1.165, 1.54) is 24.3 Å². The smallest absolute Gasteiger partial charge is 0.292 e. The molecule has 3 N–H and O–H groups in total. The van der Waals surface area contributed by atoms with Crippen molar-refractivity contribution in [3.8, 4) is 5.75 Å². The maximum Gasteiger partial charge on any atom is 0.292 e. The molecule has 0 aliphatic heterocycles. The van der Waals surface area contributed by atoms with Gasteiger partial charge in [0.2, 0.25) is 5.91 Å². The molecule has 192 valence electrons. The number of aromatic hydroxyl groups is 1. The van der Waals surface area contributed by atoms with Crippen molar-refractivity contribution >= 4 is 45.5 Å². The third kappa shape index (κ3) is 7.69. The zero-order valence-electron chi connectivity index (χ0n) is 20.6. The topological polar surface area (TPSA) is 151 Å². The van der Waals surface area contributed by atoms with E-state index in [-0.39, 0.29) is 53.7 Å². The van der Waals surface area contributed by atoms with Gasteiger partial charge in [0.1, 0.15) is 17.2 Å². The predicted octanol–water partition coefficient (Wildman–Crippen LogP) is 4.96. The molecule has 3 aromatic rings. The third-order valence-electron chi connectivity index (χ3n) is 5.48. The molecule has 0 heterocycles. The second-order valence-electron chi connectivity index (χ2n) is 8.97. The lowest BCUT2D eigenvalue weighted by molar-refractivity contribution is -0.383. The van der Waals surface area contributed by atoms with Crippen LogP contribution in [-0.2, 0) is 9.59 Å². The zero-order chi connectivity index (χ0) is 26.9. The van der Waals surface area contributed by atoms with Crippen LogP contribution in [0.5, 0.6) is 5.75 Å². The summed E-state index contributed by atoms with van der Waals surface area (Å²) in [6.45, 7) is 3.88. The first-order valence-corrected chi connectivity index (χ1v) is 11.8. The monoisotopic (exact) mass is 504 g/mol. The van der Waals surface area contributed by atoms with Crippen LogP contribution in [0.2, 0.25) is 0 Å². The number of carbonyl (C=O) groups excluding carboxylic acids is 3. The van der Waals surface area contributed by atoms with Crippen molar-refractivity contribution in [1.82, 2.24) is 5.43 Å². The van der Waals surface area contributed by atoms with E-state index in [4.69, 9.17) is 0 Å². The number of para-hydroxylation sites is 2. The van der Waals surface area contributed by atoms with Crippen LogP contribution in [-0.4, -0.2) is 33.3 Å². The van der Waals surface area contributed by atoms with Gasteiger partial charge in [0.25, 0.3) is 11.6 Å². The minimum atomic E-state index is -0.610. The number of rotatable bonds is 11. The molecular formula is C27H28N4O6. The lowest BCUT2D eigenvalue weighted by atomic mass is 10.0. The number of ketones is 1. The van der Waals surface area contributed by atoms with Gasteiger partial charge in [-0.15, -0.1) is 0 Å². The molecule has 0 spiro atoms. The van der Waals surface area contributed by atoms with E-state index in [0.717, 1.165) is 10.8 Å². The van der Waals surface area contributed by atoms with Gasteiger partial charge in [-0.05, 0) is 41.3 Å². The molecule has 3 aromatic carbocycles. The van der Waals surface area contributed by atoms with Gasteiger partial charge in [0.15, 0.2) is 0 Å². The fraction of sp³-hybridized carbons (Fsp3) is 0.259. The second kappa shape index (κ2) is 12.4. The number of benzene rings is 3. The molecule has 3 rings (SSSR count). The molecule has 0 bridgehead atoms. The quantitative estimate of drug-likeness (QED) is 0.191. The normalized spacial score (nSPS) is 11.4. The number of Topliss-reactive ketones (excluding diaryl/α,β-unsaturated/α-hetero) is 1. The number of nitrogens with zero attached hydrogens (tertiary/aromatic N) is 2. The number of anilines is 1. The van der Waals surface area contributed by atoms with E-state index < -0.39 is 16.7 Å². The molecule has 0 radical (unpaired) electrons. The maximum atomic E-state index is 12.7. The summed E-state index contributed by atoms with van der Waals surface area (Å²) in [4.78, 5) is 48.0. The van der Waals surface area contributed by atoms with Gasteiger partial charge in [0, 0.05) is 31.0 Å². The number of amides is 2. The molecule has 0 saturated heterocycles. The molecule has 0 unspecified atom stereocenters. The standard InChI is InChI=1S/C27H28N4O6/c1-17(2)13-20(29-30-27(35)22-14-18-7-3-4-8-19(18)15-25(22)33)16-21(32)11-12-26(34)28-23-9-5-6-10-24(23)31(36)37/h3-10,14-15,17,33H,11-13,16H2,1-2H3,(H,28,34)(H,30,35)/b29-20+. The Balaban J connectivity index is 1.61. The fourth-order valence-corrected chi connectivity index (χ4v) is 3.75. The highest BCUT2D eigenvalue weighted by Gasteiger charge is 2.17. The van der Waals surface area contributed by atoms with E-state index in [0.29, 0.717) is 12.1 Å². The number of phenols is 1. The maximum absolute atomic E-state index is 12.7. The van der Waals surface area contributed by atoms with E-state index >= 15 is 0 Å². The van der Waals surface area contributed by atoms with Crippen molar-refractivity contribution in [2.45, 2.75) is 39.5 Å². The Morgan fingerprint density at radius 3 is 2.32 bits per heavy atom. The van der Waals surface area contributed by atoms with Crippen LogP contribution in [0.15, 0.2) is 65.8 Å². The molecule has 0 atom stereocenters. The number of nitro groups is 1. The van der Waals surface area contributed by atoms with Gasteiger partial charge in [-0.3, -0.25) is 24.5 Å². The van der Waals surface area contributed by atoms with Crippen LogP contribution in [0.3, 0.4) is 0 Å². The van der Waals surface area contributed by atoms with Gasteiger partial charge in [-0.25, -0.2) is 5.43 Å². The first-order chi connectivity index (χ1) is 17.6. The second-order valence-corrected chi connectivity index (χ2v) is 8.97. The van der Waals surface area contributed by atoms with Crippen molar-refractivity contribution < 1.29 is 24.4 Å². The Labute approximate surface area is 213 Å². The molecule has 37 heavy (non-hydrogen) atoms. The Morgan fingerprint density at radius 2 is 1.65 bits per heavy atom. The van der Waals surface area contributed by atoms with E-state index in [1.807, 2.05) is 38.1 Å². The summed E-state index contributed by atoms with van der Waals surface area (Å²) in [7, 11) is 0. The van der Waals surface area contributed by atoms with Gasteiger partial charge in [0.05, 0.1) is 10.5 Å². The highest BCUT2D eigenvalue weighted by atomic mass is 16.6. The van der Waals surface area contributed by atoms with Crippen LogP contribution >= 0.6 is 0 Å². The zero-order valence-corrected chi connectivity index (χ0v) is 20.6. The van der Waals surface area contributed by atoms with E-state index in [2.05, 4.69) is 15.8 Å². The lowest BCUT2D eigenvalue weighted by Crippen LogP contribution is -2.22. The van der Waals surface area contributed by atoms with Crippen LogP contribution in [0.4, 0.5) is 11.4 Å². The largest absolute Gasteiger partial charge is 0.507 e. The highest BCUT2D eigenvalue weighted by Crippen LogP contribution is 2.25. The summed E-state index contributed by atoms with van der Waals surface area (Å²) in [6, 6.07) is 16.1. The van der Waals surface area contributed by atoms with Crippen LogP contribution in [0.25, 0.3) is 10.8 Å². The average Bonchev–Trinajstić information content (AvgIpc) is 2.85. The summed E-state index contributed by atoms with van der Waals surface area (Å²) in [5, 5.41) is 29.5. The molecule has 0 fully saturated rings. The molecule has 0 saturated carbocycles. The molecule has 0 aliphatic rings. The number of phenolic OH excluding ortho intramolecular Hbond substituents is 1. The number of fused-ring (bicyclic) bond motifs is 1. The van der Waals surface area contributed by atoms with Crippen LogP contribution in [0.1, 0.15) is 49.9 Å². The summed E-state index contributed by atoms with van der Waals surface area (Å²) < 4.78 is 0. The molecule has 0 aromatic heterocycles. The predicted molar refractivity (Wildman–Crippen MR) is 141 cm³/mol. The number of nitrogens with one attached hydrogen (secondary N) is 2. The minimum Gasteiger partial charge on any atom is -0.507 e. The van der Waals surface area contributed by atoms with Crippen LogP contribution in [0, 0.1) is 16.0 Å². The van der Waals surface area contributed by atoms with E-state index in [1.54, 1.807) is 12.1 Å². The van der Waals surface area contributed by atoms with Gasteiger partial charge in [-0.2, -0.15) is 5.10 Å². The molecular weight excluding hydrogens is 476 g/mol. The highest BCUT2D eigenvalue weighted by molar-refractivity contribution is 6.05. The van der Waals surface area contributed by atoms with Crippen molar-refractivity contribution in [1.29, 1.82) is 0 Å². The Bertz CT molecular complexity index is 1370.